The van der Waals surface area contributed by atoms with E-state index < -0.39 is 28.0 Å². The Kier molecular flexibility index (Phi) is 11.0. The van der Waals surface area contributed by atoms with Gasteiger partial charge in [0.05, 0.1) is 28.4 Å². The number of thioether (sulfide) groups is 1. The third-order valence-electron chi connectivity index (χ3n) is 7.53. The third-order valence-corrected chi connectivity index (χ3v) is 9.83. The van der Waals surface area contributed by atoms with Crippen molar-refractivity contribution in [1.29, 1.82) is 0 Å². The molecule has 1 aliphatic rings. The van der Waals surface area contributed by atoms with Gasteiger partial charge in [-0.25, -0.2) is 4.79 Å². The van der Waals surface area contributed by atoms with Crippen LogP contribution in [-0.2, 0) is 27.2 Å². The molecule has 1 unspecified atom stereocenters. The van der Waals surface area contributed by atoms with Gasteiger partial charge in [0, 0.05) is 27.1 Å². The molecule has 1 aliphatic carbocycles. The molecule has 13 heteroatoms. The van der Waals surface area contributed by atoms with Crippen LogP contribution in [0.1, 0.15) is 56.5 Å². The average molecular weight is 685 g/mol. The zero-order valence-electron chi connectivity index (χ0n) is 26.1. The van der Waals surface area contributed by atoms with E-state index in [4.69, 9.17) is 4.74 Å². The van der Waals surface area contributed by atoms with Crippen LogP contribution < -0.4 is 16.0 Å². The summed E-state index contributed by atoms with van der Waals surface area (Å²) in [4.78, 5) is 65.2. The molecule has 3 N–H and O–H groups in total. The number of amides is 3. The number of carbonyl (C=O) groups is 4. The third kappa shape index (κ3) is 8.17. The molecule has 246 valence electrons. The molecule has 0 saturated heterocycles. The van der Waals surface area contributed by atoms with Crippen molar-refractivity contribution in [3.05, 3.63) is 122 Å². The lowest BCUT2D eigenvalue weighted by Gasteiger charge is -2.14. The van der Waals surface area contributed by atoms with Crippen LogP contribution in [-0.4, -0.2) is 41.0 Å². The van der Waals surface area contributed by atoms with Crippen LogP contribution in [0.25, 0.3) is 6.08 Å². The fourth-order valence-electron chi connectivity index (χ4n) is 5.16. The molecule has 0 fully saturated rings. The number of nitro benzene ring substituents is 1. The van der Waals surface area contributed by atoms with Crippen LogP contribution >= 0.6 is 23.1 Å². The average Bonchev–Trinajstić information content (AvgIpc) is 3.46. The Balaban J connectivity index is 1.32. The summed E-state index contributed by atoms with van der Waals surface area (Å²) < 4.78 is 5.01. The van der Waals surface area contributed by atoms with Gasteiger partial charge in [-0.2, -0.15) is 0 Å². The molecule has 0 aliphatic heterocycles. The molecule has 3 aromatic carbocycles. The second kappa shape index (κ2) is 15.5. The first kappa shape index (κ1) is 34.1. The molecule has 0 bridgehead atoms. The number of hydrogen-bond acceptors (Lipinski definition) is 9. The molecule has 0 saturated carbocycles. The number of nitro groups is 1. The van der Waals surface area contributed by atoms with E-state index in [1.165, 1.54) is 54.5 Å². The number of benzene rings is 3. The quantitative estimate of drug-likeness (QED) is 0.0509. The molecule has 0 radical (unpaired) electrons. The number of rotatable bonds is 11. The summed E-state index contributed by atoms with van der Waals surface area (Å²) in [5.74, 6) is -2.04. The highest BCUT2D eigenvalue weighted by Crippen LogP contribution is 2.39. The van der Waals surface area contributed by atoms with Crippen LogP contribution in [0.3, 0.4) is 0 Å². The van der Waals surface area contributed by atoms with E-state index in [0.717, 1.165) is 36.1 Å². The first-order valence-corrected chi connectivity index (χ1v) is 16.8. The molecular weight excluding hydrogens is 653 g/mol. The van der Waals surface area contributed by atoms with Crippen molar-refractivity contribution in [3.8, 4) is 0 Å². The molecule has 48 heavy (non-hydrogen) atoms. The van der Waals surface area contributed by atoms with Gasteiger partial charge in [0.15, 0.2) is 0 Å². The summed E-state index contributed by atoms with van der Waals surface area (Å²) in [5, 5.41) is 19.8. The van der Waals surface area contributed by atoms with Crippen molar-refractivity contribution in [3.63, 3.8) is 0 Å². The number of hydrogen-bond donors (Lipinski definition) is 3. The zero-order chi connectivity index (χ0) is 34.2. The van der Waals surface area contributed by atoms with Gasteiger partial charge in [-0.15, -0.1) is 23.1 Å². The Bertz CT molecular complexity index is 1910. The number of esters is 1. The summed E-state index contributed by atoms with van der Waals surface area (Å²) in [6, 6.07) is 21.0. The number of anilines is 2. The number of nitrogens with zero attached hydrogens (tertiary/aromatic N) is 1. The standard InChI is InChI=1S/C35H32N4O7S2/c1-21(31(40)38-34-30(35(43)46-2)26-16-7-9-18-29(26)48-34)47-25-15-10-14-24(20-25)36-33(42)27(37-32(41)22-11-4-3-5-12-22)19-23-13-6-8-17-28(23)39(44)45/h3-6,8,10-15,17,19-21H,7,9,16,18H2,1-2H3,(H,36,42)(H,37,41)(H,38,40)/b27-19+. The van der Waals surface area contributed by atoms with Crippen molar-refractivity contribution in [2.24, 2.45) is 0 Å². The Hall–Kier alpha value is -5.27. The van der Waals surface area contributed by atoms with Gasteiger partial charge >= 0.3 is 5.97 Å². The first-order chi connectivity index (χ1) is 23.1. The van der Waals surface area contributed by atoms with Crippen LogP contribution in [0.4, 0.5) is 16.4 Å². The molecule has 4 aromatic rings. The van der Waals surface area contributed by atoms with Gasteiger partial charge < -0.3 is 20.7 Å². The second-order valence-corrected chi connectivity index (χ2v) is 13.4. The highest BCUT2D eigenvalue weighted by atomic mass is 32.2. The van der Waals surface area contributed by atoms with Crippen LogP contribution in [0.2, 0.25) is 0 Å². The number of nitrogens with one attached hydrogen (secondary N) is 3. The van der Waals surface area contributed by atoms with E-state index in [0.29, 0.717) is 26.7 Å². The van der Waals surface area contributed by atoms with E-state index in [-0.39, 0.29) is 22.9 Å². The van der Waals surface area contributed by atoms with Gasteiger partial charge in [-0.3, -0.25) is 24.5 Å². The lowest BCUT2D eigenvalue weighted by molar-refractivity contribution is -0.385. The molecule has 1 aromatic heterocycles. The fraction of sp³-hybridized carbons (Fsp3) is 0.200. The van der Waals surface area contributed by atoms with Gasteiger partial charge in [0.1, 0.15) is 10.7 Å². The van der Waals surface area contributed by atoms with E-state index in [1.807, 2.05) is 0 Å². The minimum atomic E-state index is -0.706. The highest BCUT2D eigenvalue weighted by Gasteiger charge is 2.28. The van der Waals surface area contributed by atoms with E-state index in [1.54, 1.807) is 67.6 Å². The zero-order valence-corrected chi connectivity index (χ0v) is 27.7. The number of para-hydroxylation sites is 1. The molecule has 1 atom stereocenters. The number of thiophene rings is 1. The summed E-state index contributed by atoms with van der Waals surface area (Å²) in [6.07, 6.45) is 4.89. The number of aryl methyl sites for hydroxylation is 1. The SMILES string of the molecule is COC(=O)c1c(NC(=O)C(C)Sc2cccc(NC(=O)/C(=C\c3ccccc3[N+](=O)[O-])NC(=O)c3ccccc3)c2)sc2c1CCCC2. The monoisotopic (exact) mass is 684 g/mol. The van der Waals surface area contributed by atoms with Crippen molar-refractivity contribution in [2.75, 3.05) is 17.7 Å². The lowest BCUT2D eigenvalue weighted by atomic mass is 9.95. The lowest BCUT2D eigenvalue weighted by Crippen LogP contribution is -2.30. The normalized spacial score (nSPS) is 13.1. The molecule has 1 heterocycles. The van der Waals surface area contributed by atoms with Crippen molar-refractivity contribution >= 4 is 69.2 Å². The van der Waals surface area contributed by atoms with Crippen LogP contribution in [0.15, 0.2) is 89.5 Å². The maximum Gasteiger partial charge on any atom is 0.341 e. The predicted octanol–water partition coefficient (Wildman–Crippen LogP) is 6.85. The number of carbonyl (C=O) groups excluding carboxylic acids is 4. The molecular formula is C35H32N4O7S2. The van der Waals surface area contributed by atoms with E-state index >= 15 is 0 Å². The van der Waals surface area contributed by atoms with Crippen molar-refractivity contribution < 1.29 is 28.8 Å². The largest absolute Gasteiger partial charge is 0.465 e. The Labute approximate surface area is 284 Å². The van der Waals surface area contributed by atoms with E-state index in [2.05, 4.69) is 16.0 Å². The molecule has 0 spiro atoms. The van der Waals surface area contributed by atoms with Gasteiger partial charge in [-0.05, 0) is 80.6 Å². The van der Waals surface area contributed by atoms with Crippen molar-refractivity contribution in [1.82, 2.24) is 5.32 Å². The van der Waals surface area contributed by atoms with E-state index in [9.17, 15) is 29.3 Å². The van der Waals surface area contributed by atoms with Gasteiger partial charge in [0.2, 0.25) is 5.91 Å². The molecule has 5 rings (SSSR count). The number of fused-ring (bicyclic) bond motifs is 1. The van der Waals surface area contributed by atoms with Gasteiger partial charge in [-0.1, -0.05) is 36.4 Å². The van der Waals surface area contributed by atoms with Crippen LogP contribution in [0.5, 0.6) is 0 Å². The second-order valence-electron chi connectivity index (χ2n) is 10.8. The Morgan fingerprint density at radius 1 is 0.958 bits per heavy atom. The molecule has 3 amide bonds. The van der Waals surface area contributed by atoms with Gasteiger partial charge in [0.25, 0.3) is 17.5 Å². The smallest absolute Gasteiger partial charge is 0.341 e. The molecule has 11 nitrogen and oxygen atoms in total. The Morgan fingerprint density at radius 3 is 2.44 bits per heavy atom. The minimum absolute atomic E-state index is 0.132. The predicted molar refractivity (Wildman–Crippen MR) is 186 cm³/mol. The topological polar surface area (TPSA) is 157 Å². The summed E-state index contributed by atoms with van der Waals surface area (Å²) in [5.41, 5.74) is 1.74. The summed E-state index contributed by atoms with van der Waals surface area (Å²) in [6.45, 7) is 1.74. The minimum Gasteiger partial charge on any atom is -0.465 e. The van der Waals surface area contributed by atoms with Crippen molar-refractivity contribution in [2.45, 2.75) is 42.8 Å². The number of ether oxygens (including phenoxy) is 1. The Morgan fingerprint density at radius 2 is 1.69 bits per heavy atom. The highest BCUT2D eigenvalue weighted by molar-refractivity contribution is 8.00. The summed E-state index contributed by atoms with van der Waals surface area (Å²) >= 11 is 2.67. The maximum absolute atomic E-state index is 13.5. The van der Waals surface area contributed by atoms with Crippen LogP contribution in [0, 0.1) is 10.1 Å². The first-order valence-electron chi connectivity index (χ1n) is 15.1. The number of methoxy groups -OCH3 is 1. The fourth-order valence-corrected chi connectivity index (χ4v) is 7.37. The maximum atomic E-state index is 13.5. The summed E-state index contributed by atoms with van der Waals surface area (Å²) in [7, 11) is 1.33.